The lowest BCUT2D eigenvalue weighted by Crippen LogP contribution is -2.41. The third-order valence-electron chi connectivity index (χ3n) is 4.80. The molecule has 2 unspecified atom stereocenters. The number of nitrogens with zero attached hydrogens (tertiary/aromatic N) is 4. The van der Waals surface area contributed by atoms with Gasteiger partial charge in [-0.2, -0.15) is 0 Å². The van der Waals surface area contributed by atoms with Gasteiger partial charge in [0.15, 0.2) is 5.03 Å². The van der Waals surface area contributed by atoms with Crippen molar-refractivity contribution in [3.8, 4) is 5.75 Å². The van der Waals surface area contributed by atoms with E-state index in [0.717, 1.165) is 17.5 Å². The number of benzene rings is 1. The minimum absolute atomic E-state index is 0.0225. The normalized spacial score (nSPS) is 23.9. The average molecular weight is 376 g/mol. The van der Waals surface area contributed by atoms with Gasteiger partial charge in [0.25, 0.3) is 5.96 Å². The molecule has 0 radical (unpaired) electrons. The van der Waals surface area contributed by atoms with Gasteiger partial charge in [-0.25, -0.2) is 19.8 Å². The summed E-state index contributed by atoms with van der Waals surface area (Å²) in [5, 5.41) is 13.7. The van der Waals surface area contributed by atoms with Crippen molar-refractivity contribution < 1.29 is 19.3 Å². The Bertz CT molecular complexity index is 766. The van der Waals surface area contributed by atoms with E-state index in [1.165, 1.54) is 4.90 Å². The number of hydrazone groups is 1. The second kappa shape index (κ2) is 7.91. The molecule has 3 rings (SSSR count). The van der Waals surface area contributed by atoms with E-state index < -0.39 is 11.1 Å². The topological polar surface area (TPSA) is 97.5 Å². The van der Waals surface area contributed by atoms with Crippen LogP contribution >= 0.6 is 0 Å². The molecule has 0 N–H and O–H groups in total. The summed E-state index contributed by atoms with van der Waals surface area (Å²) in [6.07, 6.45) is 0.398. The molecular weight excluding hydrogens is 352 g/mol. The Kier molecular flexibility index (Phi) is 5.59. The molecule has 0 bridgehead atoms. The summed E-state index contributed by atoms with van der Waals surface area (Å²) in [4.78, 5) is 26.6. The standard InChI is InChI=1S/C18H24N4O5/c1-12-4-5-16(13(2)8-12)27-18(23)21-7-6-20(17(21)19-22(24)25)10-15-9-14(3)26-11-15/h4-5,8,14-15H,6-7,9-11H2,1-3H3. The second-order valence-corrected chi connectivity index (χ2v) is 7.12. The Morgan fingerprint density at radius 3 is 2.81 bits per heavy atom. The van der Waals surface area contributed by atoms with Crippen LogP contribution in [0, 0.1) is 29.9 Å². The molecule has 27 heavy (non-hydrogen) atoms. The molecule has 2 saturated heterocycles. The van der Waals surface area contributed by atoms with Gasteiger partial charge >= 0.3 is 6.09 Å². The van der Waals surface area contributed by atoms with Gasteiger partial charge in [0, 0.05) is 19.0 Å². The summed E-state index contributed by atoms with van der Waals surface area (Å²) in [5.41, 5.74) is 1.88. The van der Waals surface area contributed by atoms with Crippen LogP contribution in [0.5, 0.6) is 5.75 Å². The fourth-order valence-electron chi connectivity index (χ4n) is 3.54. The van der Waals surface area contributed by atoms with E-state index in [9.17, 15) is 14.9 Å². The van der Waals surface area contributed by atoms with Crippen LogP contribution < -0.4 is 4.74 Å². The lowest BCUT2D eigenvalue weighted by atomic mass is 10.1. The summed E-state index contributed by atoms with van der Waals surface area (Å²) >= 11 is 0. The molecule has 9 nitrogen and oxygen atoms in total. The van der Waals surface area contributed by atoms with Crippen LogP contribution in [0.3, 0.4) is 0 Å². The summed E-state index contributed by atoms with van der Waals surface area (Å²) < 4.78 is 11.0. The van der Waals surface area contributed by atoms with Crippen LogP contribution in [0.4, 0.5) is 4.79 Å². The molecule has 2 aliphatic heterocycles. The second-order valence-electron chi connectivity index (χ2n) is 7.12. The van der Waals surface area contributed by atoms with Gasteiger partial charge in [-0.05, 0) is 38.8 Å². The summed E-state index contributed by atoms with van der Waals surface area (Å²) in [6.45, 7) is 7.73. The summed E-state index contributed by atoms with van der Waals surface area (Å²) in [7, 11) is 0. The highest BCUT2D eigenvalue weighted by Gasteiger charge is 2.37. The number of aryl methyl sites for hydroxylation is 2. The highest BCUT2D eigenvalue weighted by atomic mass is 16.7. The first-order valence-electron chi connectivity index (χ1n) is 8.99. The van der Waals surface area contributed by atoms with Gasteiger partial charge < -0.3 is 14.4 Å². The smallest absolute Gasteiger partial charge is 0.410 e. The molecule has 1 aromatic carbocycles. The minimum atomic E-state index is -0.779. The predicted octanol–water partition coefficient (Wildman–Crippen LogP) is 2.39. The molecule has 146 valence electrons. The molecular formula is C18H24N4O5. The Morgan fingerprint density at radius 1 is 1.41 bits per heavy atom. The maximum absolute atomic E-state index is 12.6. The highest BCUT2D eigenvalue weighted by Crippen LogP contribution is 2.24. The molecule has 2 aliphatic rings. The van der Waals surface area contributed by atoms with Crippen molar-refractivity contribution in [3.05, 3.63) is 39.4 Å². The van der Waals surface area contributed by atoms with Gasteiger partial charge in [0.2, 0.25) is 0 Å². The number of guanidine groups is 1. The number of nitro groups is 1. The molecule has 0 aliphatic carbocycles. The zero-order valence-electron chi connectivity index (χ0n) is 15.8. The zero-order chi connectivity index (χ0) is 19.6. The van der Waals surface area contributed by atoms with E-state index in [-0.39, 0.29) is 18.0 Å². The van der Waals surface area contributed by atoms with E-state index >= 15 is 0 Å². The first kappa shape index (κ1) is 19.1. The average Bonchev–Trinajstić information content (AvgIpc) is 3.17. The van der Waals surface area contributed by atoms with Crippen molar-refractivity contribution in [2.24, 2.45) is 11.0 Å². The first-order valence-corrected chi connectivity index (χ1v) is 8.99. The molecule has 2 atom stereocenters. The Balaban J connectivity index is 1.73. The van der Waals surface area contributed by atoms with E-state index in [1.807, 2.05) is 32.9 Å². The van der Waals surface area contributed by atoms with Gasteiger partial charge in [0.1, 0.15) is 10.9 Å². The third-order valence-corrected chi connectivity index (χ3v) is 4.80. The first-order chi connectivity index (χ1) is 12.8. The van der Waals surface area contributed by atoms with Gasteiger partial charge in [-0.15, -0.1) is 0 Å². The van der Waals surface area contributed by atoms with Gasteiger partial charge in [0.05, 0.1) is 19.3 Å². The number of carbonyl (C=O) groups is 1. The predicted molar refractivity (Wildman–Crippen MR) is 98.2 cm³/mol. The van der Waals surface area contributed by atoms with Crippen LogP contribution in [-0.2, 0) is 4.74 Å². The van der Waals surface area contributed by atoms with Crippen LogP contribution in [0.2, 0.25) is 0 Å². The van der Waals surface area contributed by atoms with Crippen LogP contribution in [-0.4, -0.2) is 59.2 Å². The zero-order valence-corrected chi connectivity index (χ0v) is 15.8. The lowest BCUT2D eigenvalue weighted by molar-refractivity contribution is -0.486. The number of carbonyl (C=O) groups excluding carboxylic acids is 1. The van der Waals surface area contributed by atoms with E-state index in [2.05, 4.69) is 5.10 Å². The Morgan fingerprint density at radius 2 is 2.19 bits per heavy atom. The summed E-state index contributed by atoms with van der Waals surface area (Å²) in [5.74, 6) is 0.712. The number of ether oxygens (including phenoxy) is 2. The highest BCUT2D eigenvalue weighted by molar-refractivity contribution is 5.96. The van der Waals surface area contributed by atoms with Crippen molar-refractivity contribution in [1.82, 2.24) is 9.80 Å². The molecule has 0 saturated carbocycles. The number of amides is 1. The summed E-state index contributed by atoms with van der Waals surface area (Å²) in [6, 6.07) is 5.48. The maximum atomic E-state index is 12.6. The molecule has 2 heterocycles. The number of rotatable bonds is 4. The van der Waals surface area contributed by atoms with Gasteiger partial charge in [-0.1, -0.05) is 17.7 Å². The van der Waals surface area contributed by atoms with E-state index in [1.54, 1.807) is 11.0 Å². The maximum Gasteiger partial charge on any atom is 0.422 e. The minimum Gasteiger partial charge on any atom is -0.410 e. The van der Waals surface area contributed by atoms with Crippen LogP contribution in [0.25, 0.3) is 0 Å². The van der Waals surface area contributed by atoms with Crippen molar-refractivity contribution in [2.45, 2.75) is 33.3 Å². The molecule has 2 fully saturated rings. The molecule has 0 spiro atoms. The Hall–Kier alpha value is -2.68. The molecule has 1 amide bonds. The van der Waals surface area contributed by atoms with Crippen molar-refractivity contribution in [3.63, 3.8) is 0 Å². The van der Waals surface area contributed by atoms with Crippen molar-refractivity contribution in [2.75, 3.05) is 26.2 Å². The van der Waals surface area contributed by atoms with Crippen LogP contribution in [0.15, 0.2) is 23.3 Å². The molecule has 9 heteroatoms. The quantitative estimate of drug-likeness (QED) is 0.591. The fraction of sp³-hybridized carbons (Fsp3) is 0.556. The number of hydrogen-bond donors (Lipinski definition) is 0. The van der Waals surface area contributed by atoms with Crippen molar-refractivity contribution >= 4 is 12.1 Å². The SMILES string of the molecule is Cc1ccc(OC(=O)N2CCN(CC3COC(C)C3)C2=N[N+](=O)[O-])c(C)c1. The monoisotopic (exact) mass is 376 g/mol. The lowest BCUT2D eigenvalue weighted by Gasteiger charge is -2.21. The van der Waals surface area contributed by atoms with Crippen molar-refractivity contribution in [1.29, 1.82) is 0 Å². The Labute approximate surface area is 157 Å². The third kappa shape index (κ3) is 4.54. The number of hydrogen-bond acceptors (Lipinski definition) is 5. The fourth-order valence-corrected chi connectivity index (χ4v) is 3.54. The van der Waals surface area contributed by atoms with E-state index in [0.29, 0.717) is 32.0 Å². The largest absolute Gasteiger partial charge is 0.422 e. The van der Waals surface area contributed by atoms with Crippen LogP contribution in [0.1, 0.15) is 24.5 Å². The van der Waals surface area contributed by atoms with E-state index in [4.69, 9.17) is 9.47 Å². The molecule has 1 aromatic rings. The van der Waals surface area contributed by atoms with Gasteiger partial charge in [-0.3, -0.25) is 0 Å². The molecule has 0 aromatic heterocycles.